The first kappa shape index (κ1) is 46.2. The number of hydrogen-bond acceptors (Lipinski definition) is 10. The highest BCUT2D eigenvalue weighted by molar-refractivity contribution is 6.31. The summed E-state index contributed by atoms with van der Waals surface area (Å²) in [6.45, 7) is 3.07. The highest BCUT2D eigenvalue weighted by Gasteiger charge is 2.30. The predicted octanol–water partition coefficient (Wildman–Crippen LogP) is 8.90. The smallest absolute Gasteiger partial charge is 0.343 e. The maximum atomic E-state index is 14.3. The number of nitrogens with two attached hydrogens (primary N) is 1. The number of carbonyl (C=O) groups is 3. The van der Waals surface area contributed by atoms with E-state index in [0.29, 0.717) is 21.4 Å². The van der Waals surface area contributed by atoms with Gasteiger partial charge in [0.25, 0.3) is 0 Å². The summed E-state index contributed by atoms with van der Waals surface area (Å²) in [5.41, 5.74) is 3.17. The van der Waals surface area contributed by atoms with Crippen LogP contribution in [0.1, 0.15) is 42.0 Å². The largest absolute Gasteiger partial charge is 0.506 e. The average molecular weight is 857 g/mol. The Bertz CT molecular complexity index is 2510. The highest BCUT2D eigenvalue weighted by Crippen LogP contribution is 2.42. The van der Waals surface area contributed by atoms with Crippen LogP contribution in [0, 0.1) is 34.9 Å². The molecule has 1 aliphatic heterocycles. The number of hydrogen-bond donors (Lipinski definition) is 2. The monoisotopic (exact) mass is 855 g/mol. The number of pyridine rings is 1. The Morgan fingerprint density at radius 2 is 1.45 bits per heavy atom. The Balaban J connectivity index is 0.000000255. The van der Waals surface area contributed by atoms with Crippen LogP contribution in [0.3, 0.4) is 0 Å². The minimum Gasteiger partial charge on any atom is -0.506 e. The minimum atomic E-state index is -2.13. The molecule has 3 N–H and O–H groups in total. The zero-order valence-corrected chi connectivity index (χ0v) is 31.5. The number of nitrogen functional groups attached to an aromatic ring is 1. The number of Topliss-reactive ketones (excluding diaryl/α,β-unsaturated/α-hetero) is 1. The quantitative estimate of drug-likeness (QED) is 0.0152. The number of phenolic OH excluding ortho intramolecular Hbond substituents is 1. The summed E-state index contributed by atoms with van der Waals surface area (Å²) in [5.74, 6) is -13.7. The van der Waals surface area contributed by atoms with Gasteiger partial charge in [0.15, 0.2) is 40.6 Å². The molecule has 58 heavy (non-hydrogen) atoms. The van der Waals surface area contributed by atoms with Crippen LogP contribution in [0.2, 0.25) is 10.0 Å². The molecule has 0 saturated carbocycles. The van der Waals surface area contributed by atoms with Crippen LogP contribution in [-0.2, 0) is 14.3 Å². The van der Waals surface area contributed by atoms with Crippen LogP contribution in [0.5, 0.6) is 17.2 Å². The van der Waals surface area contributed by atoms with Crippen molar-refractivity contribution in [3.8, 4) is 22.9 Å². The molecule has 0 spiro atoms. The standard InChI is InChI=1S/C18H10ClF2NO4.C14H13F4NO3.C6H6ClNO.CH4/c1-2-25-18(24)10-7-22-12-5-8(19)3-4-13(12)26-17-14(21)11(20)6-9(15(17)22)16(10)23;1-4-22-14(21)8(6-19(2)3)13(20)7-5-9(15)11(17)12(18)10(7)16;7-4-1-2-6(9)5(8)3-4;/h3-7H,2H2,1H3;5-6H,4H2,1-3H3;1-3,9H,8H2;1H4/b;8-6-;;. The molecule has 1 aromatic heterocycles. The molecular formula is C39H33Cl2F6N3O8. The molecule has 4 aromatic carbocycles. The summed E-state index contributed by atoms with van der Waals surface area (Å²) in [5, 5.41) is 9.56. The molecule has 6 rings (SSSR count). The molecular weight excluding hydrogens is 823 g/mol. The van der Waals surface area contributed by atoms with E-state index in [4.69, 9.17) is 43.5 Å². The van der Waals surface area contributed by atoms with Gasteiger partial charge in [0.05, 0.1) is 35.5 Å². The van der Waals surface area contributed by atoms with E-state index in [1.807, 2.05) is 0 Å². The van der Waals surface area contributed by atoms with Gasteiger partial charge in [-0.15, -0.1) is 0 Å². The fraction of sp³-hybridized carbons (Fsp3) is 0.179. The van der Waals surface area contributed by atoms with E-state index in [1.165, 1.54) is 67.0 Å². The van der Waals surface area contributed by atoms with Gasteiger partial charge in [-0.2, -0.15) is 4.39 Å². The second-order valence-electron chi connectivity index (χ2n) is 11.7. The number of carbonyl (C=O) groups excluding carboxylic acids is 3. The molecule has 5 aromatic rings. The first-order valence-corrected chi connectivity index (χ1v) is 17.0. The number of fused-ring (bicyclic) bond motifs is 2. The van der Waals surface area contributed by atoms with E-state index in [2.05, 4.69) is 4.74 Å². The highest BCUT2D eigenvalue weighted by atomic mass is 35.5. The number of aromatic nitrogens is 1. The number of ether oxygens (including phenoxy) is 3. The van der Waals surface area contributed by atoms with Gasteiger partial charge in [-0.1, -0.05) is 30.6 Å². The van der Waals surface area contributed by atoms with Crippen LogP contribution in [0.25, 0.3) is 16.6 Å². The van der Waals surface area contributed by atoms with E-state index in [1.54, 1.807) is 13.0 Å². The zero-order chi connectivity index (χ0) is 42.5. The summed E-state index contributed by atoms with van der Waals surface area (Å²) in [7, 11) is 2.93. The van der Waals surface area contributed by atoms with Crippen LogP contribution in [0.4, 0.5) is 32.0 Å². The minimum absolute atomic E-state index is 0. The van der Waals surface area contributed by atoms with E-state index >= 15 is 0 Å². The Morgan fingerprint density at radius 1 is 0.845 bits per heavy atom. The zero-order valence-electron chi connectivity index (χ0n) is 30.0. The Hall–Kier alpha value is -6.20. The van der Waals surface area contributed by atoms with Gasteiger partial charge in [0.2, 0.25) is 17.0 Å². The summed E-state index contributed by atoms with van der Waals surface area (Å²) >= 11 is 11.5. The molecule has 0 atom stereocenters. The fourth-order valence-electron chi connectivity index (χ4n) is 4.99. The Kier molecular flexibility index (Phi) is 15.4. The lowest BCUT2D eigenvalue weighted by Gasteiger charge is -2.24. The van der Waals surface area contributed by atoms with Gasteiger partial charge in [-0.05, 0) is 62.4 Å². The Labute approximate surface area is 336 Å². The predicted molar refractivity (Wildman–Crippen MR) is 204 cm³/mol. The lowest BCUT2D eigenvalue weighted by atomic mass is 10.0. The van der Waals surface area contributed by atoms with Gasteiger partial charge in [0, 0.05) is 36.5 Å². The van der Waals surface area contributed by atoms with Crippen molar-refractivity contribution in [2.45, 2.75) is 21.3 Å². The molecule has 308 valence electrons. The van der Waals surface area contributed by atoms with Gasteiger partial charge in [-0.25, -0.2) is 31.5 Å². The van der Waals surface area contributed by atoms with Crippen molar-refractivity contribution >= 4 is 57.5 Å². The first-order valence-electron chi connectivity index (χ1n) is 16.2. The van der Waals surface area contributed by atoms with Gasteiger partial charge in [0.1, 0.15) is 22.4 Å². The number of ketones is 1. The van der Waals surface area contributed by atoms with E-state index in [0.717, 1.165) is 12.3 Å². The number of phenols is 1. The van der Waals surface area contributed by atoms with Crippen molar-refractivity contribution in [2.75, 3.05) is 33.0 Å². The molecule has 1 aliphatic rings. The van der Waals surface area contributed by atoms with E-state index in [-0.39, 0.29) is 54.7 Å². The van der Waals surface area contributed by atoms with Crippen LogP contribution >= 0.6 is 23.2 Å². The first-order chi connectivity index (χ1) is 26.8. The third-order valence-corrected chi connectivity index (χ3v) is 7.96. The van der Waals surface area contributed by atoms with Crippen molar-refractivity contribution < 1.29 is 60.0 Å². The molecule has 0 amide bonds. The van der Waals surface area contributed by atoms with Crippen molar-refractivity contribution in [1.29, 1.82) is 0 Å². The van der Waals surface area contributed by atoms with Gasteiger partial charge < -0.3 is 34.5 Å². The molecule has 11 nitrogen and oxygen atoms in total. The van der Waals surface area contributed by atoms with Crippen molar-refractivity contribution in [2.24, 2.45) is 0 Å². The normalized spacial score (nSPS) is 11.1. The summed E-state index contributed by atoms with van der Waals surface area (Å²) in [4.78, 5) is 49.9. The summed E-state index contributed by atoms with van der Waals surface area (Å²) < 4.78 is 97.6. The number of nitrogens with zero attached hydrogens (tertiary/aromatic N) is 2. The summed E-state index contributed by atoms with van der Waals surface area (Å²) in [6.07, 6.45) is 2.24. The van der Waals surface area contributed by atoms with Crippen LogP contribution in [-0.4, -0.2) is 59.6 Å². The molecule has 0 aliphatic carbocycles. The Morgan fingerprint density at radius 3 is 2.03 bits per heavy atom. The number of aromatic hydroxyl groups is 1. The molecule has 19 heteroatoms. The maximum Gasteiger partial charge on any atom is 0.343 e. The number of anilines is 1. The number of rotatable bonds is 7. The lowest BCUT2D eigenvalue weighted by molar-refractivity contribution is -0.138. The number of benzene rings is 4. The summed E-state index contributed by atoms with van der Waals surface area (Å²) in [6, 6.07) is 10.0. The van der Waals surface area contributed by atoms with Gasteiger partial charge >= 0.3 is 11.9 Å². The average Bonchev–Trinajstić information content (AvgIpc) is 3.16. The second-order valence-corrected chi connectivity index (χ2v) is 12.6. The van der Waals surface area contributed by atoms with Crippen LogP contribution in [0.15, 0.2) is 71.3 Å². The van der Waals surface area contributed by atoms with Crippen LogP contribution < -0.4 is 15.9 Å². The molecule has 0 saturated heterocycles. The molecule has 0 fully saturated rings. The third-order valence-electron chi connectivity index (χ3n) is 7.49. The maximum absolute atomic E-state index is 14.3. The second kappa shape index (κ2) is 19.3. The van der Waals surface area contributed by atoms with Crippen molar-refractivity contribution in [3.05, 3.63) is 133 Å². The van der Waals surface area contributed by atoms with E-state index < -0.39 is 74.9 Å². The number of halogens is 8. The molecule has 0 unspecified atom stereocenters. The molecule has 0 radical (unpaired) electrons. The topological polar surface area (TPSA) is 150 Å². The van der Waals surface area contributed by atoms with Crippen molar-refractivity contribution in [3.63, 3.8) is 0 Å². The SMILES string of the molecule is C.CCOC(=O)/C(=C\N(C)C)C(=O)c1cc(F)c(F)c(F)c1F.CCOC(=O)c1cn2c3c(c(F)c(F)cc3c1=O)Oc1ccc(Cl)cc1-2.Nc1cc(Cl)ccc1O. The fourth-order valence-corrected chi connectivity index (χ4v) is 5.34. The van der Waals surface area contributed by atoms with Crippen molar-refractivity contribution in [1.82, 2.24) is 9.47 Å². The number of esters is 2. The molecule has 2 heterocycles. The van der Waals surface area contributed by atoms with E-state index in [9.17, 15) is 45.5 Å². The molecule has 0 bridgehead atoms. The lowest BCUT2D eigenvalue weighted by Crippen LogP contribution is -2.22. The third kappa shape index (κ3) is 9.84. The van der Waals surface area contributed by atoms with Gasteiger partial charge in [-0.3, -0.25) is 9.59 Å².